The fourth-order valence-corrected chi connectivity index (χ4v) is 3.21. The molecule has 1 nitrogen and oxygen atoms in total. The zero-order valence-corrected chi connectivity index (χ0v) is 11.2. The van der Waals surface area contributed by atoms with Gasteiger partial charge in [-0.3, -0.25) is 0 Å². The molecule has 0 aromatic heterocycles. The fraction of sp³-hybridized carbons (Fsp3) is 1.00. The van der Waals surface area contributed by atoms with Gasteiger partial charge in [0.2, 0.25) is 0 Å². The number of hydrogen-bond donors (Lipinski definition) is 1. The predicted octanol–water partition coefficient (Wildman–Crippen LogP) is 3.69. The van der Waals surface area contributed by atoms with Gasteiger partial charge in [0.1, 0.15) is 0 Å². The topological polar surface area (TPSA) is 12.0 Å². The molecule has 1 rings (SSSR count). The van der Waals surface area contributed by atoms with E-state index in [9.17, 15) is 0 Å². The molecule has 0 bridgehead atoms. The van der Waals surface area contributed by atoms with Crippen molar-refractivity contribution in [1.82, 2.24) is 5.32 Å². The first-order valence-electron chi connectivity index (χ1n) is 6.60. The summed E-state index contributed by atoms with van der Waals surface area (Å²) in [4.78, 5) is 0. The van der Waals surface area contributed by atoms with Crippen molar-refractivity contribution in [2.75, 3.05) is 18.6 Å². The van der Waals surface area contributed by atoms with Crippen LogP contribution < -0.4 is 5.32 Å². The summed E-state index contributed by atoms with van der Waals surface area (Å²) in [5.74, 6) is 2.30. The third kappa shape index (κ3) is 5.26. The van der Waals surface area contributed by atoms with E-state index in [-0.39, 0.29) is 0 Å². The Morgan fingerprint density at radius 3 is 2.73 bits per heavy atom. The maximum absolute atomic E-state index is 3.69. The number of thioether (sulfide) groups is 1. The summed E-state index contributed by atoms with van der Waals surface area (Å²) in [5, 5.41) is 3.69. The Labute approximate surface area is 99.8 Å². The quantitative estimate of drug-likeness (QED) is 0.551. The molecule has 0 spiro atoms. The van der Waals surface area contributed by atoms with Crippen molar-refractivity contribution >= 4 is 11.8 Å². The molecular weight excluding hydrogens is 202 g/mol. The van der Waals surface area contributed by atoms with E-state index in [1.807, 2.05) is 11.8 Å². The Morgan fingerprint density at radius 2 is 2.00 bits per heavy atom. The van der Waals surface area contributed by atoms with Crippen LogP contribution in [0.1, 0.15) is 51.9 Å². The zero-order chi connectivity index (χ0) is 10.9. The molecule has 1 saturated carbocycles. The molecule has 0 aliphatic heterocycles. The smallest absolute Gasteiger partial charge is 0.00952 e. The van der Waals surface area contributed by atoms with E-state index in [1.54, 1.807) is 0 Å². The second-order valence-corrected chi connectivity index (χ2v) is 5.68. The summed E-state index contributed by atoms with van der Waals surface area (Å²) < 4.78 is 0. The highest BCUT2D eigenvalue weighted by atomic mass is 32.2. The Balaban J connectivity index is 2.32. The molecule has 2 unspecified atom stereocenters. The lowest BCUT2D eigenvalue weighted by Crippen LogP contribution is -2.35. The lowest BCUT2D eigenvalue weighted by atomic mass is 9.90. The summed E-state index contributed by atoms with van der Waals surface area (Å²) in [6, 6.07) is 0.819. The lowest BCUT2D eigenvalue weighted by molar-refractivity contribution is 0.319. The van der Waals surface area contributed by atoms with E-state index in [2.05, 4.69) is 18.5 Å². The van der Waals surface area contributed by atoms with Gasteiger partial charge in [0.25, 0.3) is 0 Å². The molecule has 1 aliphatic carbocycles. The average molecular weight is 229 g/mol. The van der Waals surface area contributed by atoms with Crippen molar-refractivity contribution in [2.24, 2.45) is 5.92 Å². The molecule has 0 amide bonds. The van der Waals surface area contributed by atoms with E-state index in [0.717, 1.165) is 18.5 Å². The van der Waals surface area contributed by atoms with Crippen LogP contribution in [0.25, 0.3) is 0 Å². The van der Waals surface area contributed by atoms with Crippen LogP contribution in [0.2, 0.25) is 0 Å². The molecule has 2 atom stereocenters. The Kier molecular flexibility index (Phi) is 7.54. The normalized spacial score (nSPS) is 27.6. The van der Waals surface area contributed by atoms with Crippen LogP contribution in [0.4, 0.5) is 0 Å². The van der Waals surface area contributed by atoms with Crippen molar-refractivity contribution < 1.29 is 0 Å². The van der Waals surface area contributed by atoms with Crippen LogP contribution in [0.15, 0.2) is 0 Å². The monoisotopic (exact) mass is 229 g/mol. The average Bonchev–Trinajstić information content (AvgIpc) is 2.45. The van der Waals surface area contributed by atoms with Crippen molar-refractivity contribution in [3.63, 3.8) is 0 Å². The molecule has 2 heteroatoms. The predicted molar refractivity (Wildman–Crippen MR) is 71.7 cm³/mol. The highest BCUT2D eigenvalue weighted by Crippen LogP contribution is 2.27. The molecule has 0 heterocycles. The first-order chi connectivity index (χ1) is 7.38. The number of hydrogen-bond acceptors (Lipinski definition) is 2. The number of nitrogens with one attached hydrogen (secondary N) is 1. The van der Waals surface area contributed by atoms with Crippen molar-refractivity contribution in [3.05, 3.63) is 0 Å². The summed E-state index contributed by atoms with van der Waals surface area (Å²) in [7, 11) is 0. The maximum atomic E-state index is 3.69. The van der Waals surface area contributed by atoms with Crippen LogP contribution in [-0.2, 0) is 0 Å². The van der Waals surface area contributed by atoms with Crippen molar-refractivity contribution in [2.45, 2.75) is 57.9 Å². The van der Waals surface area contributed by atoms with Crippen LogP contribution in [0.5, 0.6) is 0 Å². The Hall–Kier alpha value is 0.310. The Bertz CT molecular complexity index is 149. The molecule has 0 aromatic carbocycles. The fourth-order valence-electron chi connectivity index (χ4n) is 2.75. The standard InChI is InChI=1S/C13H27NS/c1-3-14-13-10-6-4-5-8-12(13)9-7-11-15-2/h12-14H,3-11H2,1-2H3. The van der Waals surface area contributed by atoms with Gasteiger partial charge in [0.15, 0.2) is 0 Å². The highest BCUT2D eigenvalue weighted by Gasteiger charge is 2.21. The van der Waals surface area contributed by atoms with E-state index >= 15 is 0 Å². The van der Waals surface area contributed by atoms with E-state index < -0.39 is 0 Å². The summed E-state index contributed by atoms with van der Waals surface area (Å²) in [5.41, 5.74) is 0. The van der Waals surface area contributed by atoms with Gasteiger partial charge in [0.05, 0.1) is 0 Å². The summed E-state index contributed by atoms with van der Waals surface area (Å²) >= 11 is 1.99. The van der Waals surface area contributed by atoms with E-state index in [1.165, 1.54) is 50.7 Å². The van der Waals surface area contributed by atoms with Gasteiger partial charge in [-0.2, -0.15) is 11.8 Å². The van der Waals surface area contributed by atoms with Crippen LogP contribution in [0, 0.1) is 5.92 Å². The van der Waals surface area contributed by atoms with Gasteiger partial charge in [-0.25, -0.2) is 0 Å². The minimum Gasteiger partial charge on any atom is -0.314 e. The minimum absolute atomic E-state index is 0.819. The van der Waals surface area contributed by atoms with Crippen LogP contribution in [-0.4, -0.2) is 24.6 Å². The van der Waals surface area contributed by atoms with Crippen LogP contribution >= 0.6 is 11.8 Å². The third-order valence-corrected chi connectivity index (χ3v) is 4.25. The Morgan fingerprint density at radius 1 is 1.20 bits per heavy atom. The number of rotatable bonds is 6. The second kappa shape index (κ2) is 8.46. The van der Waals surface area contributed by atoms with E-state index in [0.29, 0.717) is 0 Å². The second-order valence-electron chi connectivity index (χ2n) is 4.70. The van der Waals surface area contributed by atoms with Crippen LogP contribution in [0.3, 0.4) is 0 Å². The van der Waals surface area contributed by atoms with Crippen molar-refractivity contribution in [3.8, 4) is 0 Å². The summed E-state index contributed by atoms with van der Waals surface area (Å²) in [6.45, 7) is 3.38. The molecule has 0 aromatic rings. The molecule has 1 aliphatic rings. The van der Waals surface area contributed by atoms with Gasteiger partial charge in [0, 0.05) is 6.04 Å². The largest absolute Gasteiger partial charge is 0.314 e. The van der Waals surface area contributed by atoms with Gasteiger partial charge in [-0.15, -0.1) is 0 Å². The first kappa shape index (κ1) is 13.4. The SMILES string of the molecule is CCNC1CCCCCC1CCCSC. The molecule has 1 fully saturated rings. The lowest BCUT2D eigenvalue weighted by Gasteiger charge is -2.25. The zero-order valence-electron chi connectivity index (χ0n) is 10.4. The first-order valence-corrected chi connectivity index (χ1v) is 8.00. The third-order valence-electron chi connectivity index (χ3n) is 3.55. The van der Waals surface area contributed by atoms with Crippen molar-refractivity contribution in [1.29, 1.82) is 0 Å². The minimum atomic E-state index is 0.819. The van der Waals surface area contributed by atoms with Gasteiger partial charge in [-0.1, -0.05) is 26.2 Å². The molecule has 1 N–H and O–H groups in total. The van der Waals surface area contributed by atoms with Gasteiger partial charge in [-0.05, 0) is 50.2 Å². The molecule has 90 valence electrons. The molecular formula is C13H27NS. The van der Waals surface area contributed by atoms with Gasteiger partial charge >= 0.3 is 0 Å². The van der Waals surface area contributed by atoms with Gasteiger partial charge < -0.3 is 5.32 Å². The van der Waals surface area contributed by atoms with E-state index in [4.69, 9.17) is 0 Å². The molecule has 0 radical (unpaired) electrons. The molecule has 0 saturated heterocycles. The maximum Gasteiger partial charge on any atom is 0.00952 e. The molecule has 15 heavy (non-hydrogen) atoms. The summed E-state index contributed by atoms with van der Waals surface area (Å²) in [6.07, 6.45) is 12.3. The highest BCUT2D eigenvalue weighted by molar-refractivity contribution is 7.98.